The lowest BCUT2D eigenvalue weighted by atomic mass is 9.79. The predicted octanol–water partition coefficient (Wildman–Crippen LogP) is 6.24. The number of hydrogen-bond donors (Lipinski definition) is 0. The Kier molecular flexibility index (Phi) is 5.00. The minimum Gasteiger partial charge on any atom is -0.356 e. The van der Waals surface area contributed by atoms with Crippen molar-refractivity contribution in [1.82, 2.24) is 0 Å². The summed E-state index contributed by atoms with van der Waals surface area (Å²) >= 11 is 6.14. The summed E-state index contributed by atoms with van der Waals surface area (Å²) in [5.74, 6) is 0.228. The van der Waals surface area contributed by atoms with Crippen molar-refractivity contribution in [2.24, 2.45) is 5.92 Å². The quantitative estimate of drug-likeness (QED) is 0.540. The van der Waals surface area contributed by atoms with Crippen molar-refractivity contribution in [3.63, 3.8) is 0 Å². The maximum atomic E-state index is 12.9. The molecule has 0 unspecified atom stereocenters. The number of ketones is 1. The number of carbonyl (C=O) groups is 1. The van der Waals surface area contributed by atoms with Crippen LogP contribution in [0.4, 0.5) is 5.69 Å². The molecule has 0 bridgehead atoms. The highest BCUT2D eigenvalue weighted by atomic mass is 35.5. The van der Waals surface area contributed by atoms with Crippen LogP contribution in [-0.4, -0.2) is 5.78 Å². The fourth-order valence-electron chi connectivity index (χ4n) is 4.09. The number of benzene rings is 3. The van der Waals surface area contributed by atoms with Crippen LogP contribution in [0.25, 0.3) is 0 Å². The first-order valence-corrected chi connectivity index (χ1v) is 9.69. The predicted molar refractivity (Wildman–Crippen MR) is 111 cm³/mol. The minimum atomic E-state index is -0.0805. The lowest BCUT2D eigenvalue weighted by Gasteiger charge is -2.47. The Balaban J connectivity index is 1.87. The normalized spacial score (nSPS) is 22.7. The van der Waals surface area contributed by atoms with Gasteiger partial charge in [-0.1, -0.05) is 79.2 Å². The minimum absolute atomic E-state index is 0.00119. The van der Waals surface area contributed by atoms with E-state index in [2.05, 4.69) is 41.3 Å². The van der Waals surface area contributed by atoms with Crippen molar-refractivity contribution < 1.29 is 4.79 Å². The summed E-state index contributed by atoms with van der Waals surface area (Å²) in [5.41, 5.74) is 3.41. The summed E-state index contributed by atoms with van der Waals surface area (Å²) in [6.07, 6.45) is 0.511. The molecule has 0 N–H and O–H groups in total. The van der Waals surface area contributed by atoms with Crippen molar-refractivity contribution in [2.45, 2.75) is 25.4 Å². The van der Waals surface area contributed by atoms with E-state index in [0.29, 0.717) is 17.2 Å². The first-order chi connectivity index (χ1) is 13.1. The summed E-state index contributed by atoms with van der Waals surface area (Å²) in [5, 5.41) is 0.715. The first-order valence-electron chi connectivity index (χ1n) is 9.31. The van der Waals surface area contributed by atoms with Crippen LogP contribution >= 0.6 is 11.6 Å². The standard InChI is InChI=1S/C24H22ClNO/c1-17-23(27)16-22(18-8-4-2-5-9-18)26(21-14-12-20(25)13-15-21)24(17)19-10-6-3-7-11-19/h2-15,17,22,24H,16H2,1H3/t17-,22+,24-/m0/s1. The molecule has 1 fully saturated rings. The SMILES string of the molecule is C[C@H]1C(=O)C[C@H](c2ccccc2)N(c2ccc(Cl)cc2)[C@@H]1c1ccccc1. The molecule has 3 atom stereocenters. The largest absolute Gasteiger partial charge is 0.356 e. The average Bonchev–Trinajstić information content (AvgIpc) is 2.71. The van der Waals surface area contributed by atoms with Crippen LogP contribution in [-0.2, 0) is 4.79 Å². The van der Waals surface area contributed by atoms with Crippen molar-refractivity contribution in [3.05, 3.63) is 101 Å². The fourth-order valence-corrected chi connectivity index (χ4v) is 4.22. The van der Waals surface area contributed by atoms with Crippen LogP contribution < -0.4 is 4.90 Å². The van der Waals surface area contributed by atoms with Gasteiger partial charge in [0.25, 0.3) is 0 Å². The van der Waals surface area contributed by atoms with Gasteiger partial charge in [0.2, 0.25) is 0 Å². The molecular formula is C24H22ClNO. The zero-order valence-electron chi connectivity index (χ0n) is 15.3. The maximum absolute atomic E-state index is 12.9. The Morgan fingerprint density at radius 1 is 0.815 bits per heavy atom. The van der Waals surface area contributed by atoms with Crippen LogP contribution in [0.5, 0.6) is 0 Å². The molecule has 0 aliphatic carbocycles. The average molecular weight is 376 g/mol. The monoisotopic (exact) mass is 375 g/mol. The van der Waals surface area contributed by atoms with E-state index in [1.165, 1.54) is 0 Å². The number of rotatable bonds is 3. The third-order valence-corrected chi connectivity index (χ3v) is 5.71. The smallest absolute Gasteiger partial charge is 0.140 e. The number of anilines is 1. The number of carbonyl (C=O) groups excluding carboxylic acids is 1. The van der Waals surface area contributed by atoms with E-state index >= 15 is 0 Å². The van der Waals surface area contributed by atoms with Crippen molar-refractivity contribution >= 4 is 23.1 Å². The molecule has 0 saturated carbocycles. The molecule has 3 aromatic carbocycles. The van der Waals surface area contributed by atoms with E-state index in [4.69, 9.17) is 11.6 Å². The van der Waals surface area contributed by atoms with E-state index in [0.717, 1.165) is 16.8 Å². The van der Waals surface area contributed by atoms with Gasteiger partial charge in [0.05, 0.1) is 12.1 Å². The van der Waals surface area contributed by atoms with Crippen LogP contribution in [0.1, 0.15) is 36.6 Å². The van der Waals surface area contributed by atoms with Crippen LogP contribution in [0, 0.1) is 5.92 Å². The van der Waals surface area contributed by atoms with Crippen molar-refractivity contribution in [1.29, 1.82) is 0 Å². The van der Waals surface area contributed by atoms with Gasteiger partial charge in [-0.05, 0) is 35.4 Å². The fraction of sp³-hybridized carbons (Fsp3) is 0.208. The van der Waals surface area contributed by atoms with Gasteiger partial charge in [-0.3, -0.25) is 4.79 Å². The second-order valence-corrected chi connectivity index (χ2v) is 7.56. The van der Waals surface area contributed by atoms with E-state index in [9.17, 15) is 4.79 Å². The van der Waals surface area contributed by atoms with Gasteiger partial charge in [0, 0.05) is 23.0 Å². The van der Waals surface area contributed by atoms with Gasteiger partial charge in [0.1, 0.15) is 5.78 Å². The van der Waals surface area contributed by atoms with E-state index in [1.54, 1.807) is 0 Å². The van der Waals surface area contributed by atoms with Gasteiger partial charge in [0.15, 0.2) is 0 Å². The molecule has 0 spiro atoms. The van der Waals surface area contributed by atoms with Crippen LogP contribution in [0.2, 0.25) is 5.02 Å². The molecule has 1 heterocycles. The summed E-state index contributed by atoms with van der Waals surface area (Å²) in [7, 11) is 0. The third kappa shape index (κ3) is 3.50. The summed E-state index contributed by atoms with van der Waals surface area (Å²) in [4.78, 5) is 15.3. The topological polar surface area (TPSA) is 20.3 Å². The lowest BCUT2D eigenvalue weighted by Crippen LogP contribution is -2.45. The number of Topliss-reactive ketones (excluding diaryl/α,β-unsaturated/α-hetero) is 1. The number of hydrogen-bond acceptors (Lipinski definition) is 2. The highest BCUT2D eigenvalue weighted by Gasteiger charge is 2.41. The molecule has 0 radical (unpaired) electrons. The Morgan fingerprint density at radius 3 is 1.96 bits per heavy atom. The zero-order valence-corrected chi connectivity index (χ0v) is 16.0. The summed E-state index contributed by atoms with van der Waals surface area (Å²) in [6, 6.07) is 28.6. The van der Waals surface area contributed by atoms with Gasteiger partial charge in [-0.25, -0.2) is 0 Å². The molecule has 1 aliphatic heterocycles. The second kappa shape index (κ2) is 7.58. The molecule has 136 valence electrons. The summed E-state index contributed by atoms with van der Waals surface area (Å²) in [6.45, 7) is 2.05. The van der Waals surface area contributed by atoms with Crippen molar-refractivity contribution in [2.75, 3.05) is 4.90 Å². The maximum Gasteiger partial charge on any atom is 0.140 e. The molecule has 2 nitrogen and oxygen atoms in total. The molecule has 3 heteroatoms. The van der Waals surface area contributed by atoms with Gasteiger partial charge < -0.3 is 4.90 Å². The molecule has 27 heavy (non-hydrogen) atoms. The second-order valence-electron chi connectivity index (χ2n) is 7.12. The Bertz CT molecular complexity index is 908. The zero-order chi connectivity index (χ0) is 18.8. The van der Waals surface area contributed by atoms with E-state index in [-0.39, 0.29) is 18.0 Å². The highest BCUT2D eigenvalue weighted by Crippen LogP contribution is 2.46. The van der Waals surface area contributed by atoms with Gasteiger partial charge in [-0.2, -0.15) is 0 Å². The highest BCUT2D eigenvalue weighted by molar-refractivity contribution is 6.30. The van der Waals surface area contributed by atoms with Gasteiger partial charge in [-0.15, -0.1) is 0 Å². The Morgan fingerprint density at radius 2 is 1.37 bits per heavy atom. The first kappa shape index (κ1) is 17.8. The molecule has 3 aromatic rings. The number of nitrogens with zero attached hydrogens (tertiary/aromatic N) is 1. The van der Waals surface area contributed by atoms with Crippen LogP contribution in [0.3, 0.4) is 0 Å². The van der Waals surface area contributed by atoms with Crippen molar-refractivity contribution in [3.8, 4) is 0 Å². The van der Waals surface area contributed by atoms with Gasteiger partial charge >= 0.3 is 0 Å². The summed E-state index contributed by atoms with van der Waals surface area (Å²) < 4.78 is 0. The molecule has 4 rings (SSSR count). The van der Waals surface area contributed by atoms with E-state index in [1.807, 2.05) is 55.5 Å². The Labute approximate surface area is 165 Å². The molecule has 0 amide bonds. The molecular weight excluding hydrogens is 354 g/mol. The Hall–Kier alpha value is -2.58. The lowest BCUT2D eigenvalue weighted by molar-refractivity contribution is -0.125. The van der Waals surface area contributed by atoms with Crippen LogP contribution in [0.15, 0.2) is 84.9 Å². The number of halogens is 1. The number of piperidine rings is 1. The molecule has 0 aromatic heterocycles. The molecule has 1 saturated heterocycles. The molecule has 1 aliphatic rings. The third-order valence-electron chi connectivity index (χ3n) is 5.46. The van der Waals surface area contributed by atoms with E-state index < -0.39 is 0 Å².